The van der Waals surface area contributed by atoms with E-state index in [1.54, 1.807) is 0 Å². The lowest BCUT2D eigenvalue weighted by Gasteiger charge is -2.23. The minimum Gasteiger partial charge on any atom is -0.378 e. The maximum atomic E-state index is 11.8. The van der Waals surface area contributed by atoms with E-state index in [-0.39, 0.29) is 0 Å². The van der Waals surface area contributed by atoms with Gasteiger partial charge in [0.25, 0.3) is 0 Å². The van der Waals surface area contributed by atoms with E-state index < -0.39 is 20.5 Å². The van der Waals surface area contributed by atoms with Gasteiger partial charge in [0, 0.05) is 19.4 Å². The van der Waals surface area contributed by atoms with Crippen LogP contribution in [0.25, 0.3) is 0 Å². The van der Waals surface area contributed by atoms with Crippen molar-refractivity contribution in [2.75, 3.05) is 32.5 Å². The van der Waals surface area contributed by atoms with Crippen molar-refractivity contribution in [3.63, 3.8) is 0 Å². The number of hydrogen-bond acceptors (Lipinski definition) is 5. The quantitative estimate of drug-likeness (QED) is 0.651. The molecule has 118 valence electrons. The van der Waals surface area contributed by atoms with Gasteiger partial charge in [-0.2, -0.15) is 0 Å². The molecule has 0 aromatic heterocycles. The number of amides is 1. The molecule has 0 aromatic carbocycles. The standard InChI is InChI=1S/C13H26N2O4S/c1-13(2,20(3,17)18)12(16)15-7-4-10-19-11-5-8-14-9-6-11/h11,14H,4-10H2,1-3H3,(H,15,16). The number of rotatable bonds is 7. The van der Waals surface area contributed by atoms with Crippen LogP contribution in [0.3, 0.4) is 0 Å². The zero-order valence-electron chi connectivity index (χ0n) is 12.6. The first kappa shape index (κ1) is 17.4. The molecule has 1 saturated heterocycles. The lowest BCUT2D eigenvalue weighted by molar-refractivity contribution is -0.122. The number of piperidine rings is 1. The molecule has 2 N–H and O–H groups in total. The van der Waals surface area contributed by atoms with Crippen LogP contribution in [0.15, 0.2) is 0 Å². The number of hydrogen-bond donors (Lipinski definition) is 2. The molecule has 1 fully saturated rings. The van der Waals surface area contributed by atoms with Crippen LogP contribution in [0.5, 0.6) is 0 Å². The fourth-order valence-electron chi connectivity index (χ4n) is 1.87. The van der Waals surface area contributed by atoms with Crippen LogP contribution in [0, 0.1) is 0 Å². The first-order valence-electron chi connectivity index (χ1n) is 7.05. The van der Waals surface area contributed by atoms with Gasteiger partial charge in [0.15, 0.2) is 9.84 Å². The number of carbonyl (C=O) groups excluding carboxylic acids is 1. The second-order valence-corrected chi connectivity index (χ2v) is 8.28. The Bertz CT molecular complexity index is 414. The molecule has 1 rings (SSSR count). The largest absolute Gasteiger partial charge is 0.378 e. The van der Waals surface area contributed by atoms with E-state index in [1.165, 1.54) is 13.8 Å². The molecule has 1 heterocycles. The van der Waals surface area contributed by atoms with Gasteiger partial charge in [-0.3, -0.25) is 4.79 Å². The Hall–Kier alpha value is -0.660. The molecule has 0 radical (unpaired) electrons. The molecule has 0 bridgehead atoms. The second-order valence-electron chi connectivity index (χ2n) is 5.71. The summed E-state index contributed by atoms with van der Waals surface area (Å²) in [6, 6.07) is 0. The van der Waals surface area contributed by atoms with E-state index in [2.05, 4.69) is 10.6 Å². The van der Waals surface area contributed by atoms with E-state index in [9.17, 15) is 13.2 Å². The molecule has 20 heavy (non-hydrogen) atoms. The number of carbonyl (C=O) groups is 1. The summed E-state index contributed by atoms with van der Waals surface area (Å²) in [6.07, 6.45) is 4.11. The van der Waals surface area contributed by atoms with Crippen LogP contribution in [-0.2, 0) is 19.4 Å². The van der Waals surface area contributed by atoms with Gasteiger partial charge in [-0.05, 0) is 46.2 Å². The molecule has 0 aliphatic carbocycles. The first-order valence-corrected chi connectivity index (χ1v) is 8.94. The lowest BCUT2D eigenvalue weighted by Crippen LogP contribution is -2.47. The summed E-state index contributed by atoms with van der Waals surface area (Å²) in [5.41, 5.74) is 0. The predicted molar refractivity (Wildman–Crippen MR) is 78.4 cm³/mol. The topological polar surface area (TPSA) is 84.5 Å². The smallest absolute Gasteiger partial charge is 0.240 e. The Morgan fingerprint density at radius 1 is 1.35 bits per heavy atom. The number of ether oxygens (including phenoxy) is 1. The van der Waals surface area contributed by atoms with Crippen molar-refractivity contribution in [1.82, 2.24) is 10.6 Å². The zero-order chi connectivity index (χ0) is 15.2. The third-order valence-electron chi connectivity index (χ3n) is 3.72. The fourth-order valence-corrected chi connectivity index (χ4v) is 2.28. The van der Waals surface area contributed by atoms with Crippen molar-refractivity contribution in [3.8, 4) is 0 Å². The first-order chi connectivity index (χ1) is 9.25. The third-order valence-corrected chi connectivity index (χ3v) is 5.76. The molecular formula is C13H26N2O4S. The molecule has 7 heteroatoms. The van der Waals surface area contributed by atoms with E-state index >= 15 is 0 Å². The number of nitrogens with one attached hydrogen (secondary N) is 2. The van der Waals surface area contributed by atoms with Crippen LogP contribution in [-0.4, -0.2) is 57.7 Å². The lowest BCUT2D eigenvalue weighted by atomic mass is 10.1. The average Bonchev–Trinajstić information content (AvgIpc) is 2.38. The SMILES string of the molecule is CC(C)(C(=O)NCCCOC1CCNCC1)S(C)(=O)=O. The van der Waals surface area contributed by atoms with E-state index in [0.717, 1.165) is 32.2 Å². The molecule has 0 atom stereocenters. The maximum Gasteiger partial charge on any atom is 0.240 e. The molecule has 1 aliphatic heterocycles. The summed E-state index contributed by atoms with van der Waals surface area (Å²) in [5.74, 6) is -0.457. The maximum absolute atomic E-state index is 11.8. The third kappa shape index (κ3) is 5.03. The van der Waals surface area contributed by atoms with Crippen LogP contribution in [0.1, 0.15) is 33.1 Å². The van der Waals surface area contributed by atoms with Crippen molar-refractivity contribution in [2.45, 2.75) is 44.0 Å². The normalized spacial score (nSPS) is 17.9. The molecule has 0 unspecified atom stereocenters. The highest BCUT2D eigenvalue weighted by molar-refractivity contribution is 7.92. The Morgan fingerprint density at radius 2 is 1.95 bits per heavy atom. The van der Waals surface area contributed by atoms with Crippen LogP contribution in [0.4, 0.5) is 0 Å². The van der Waals surface area contributed by atoms with Crippen molar-refractivity contribution < 1.29 is 17.9 Å². The Morgan fingerprint density at radius 3 is 2.50 bits per heavy atom. The molecule has 0 aromatic rings. The van der Waals surface area contributed by atoms with Gasteiger partial charge in [0.05, 0.1) is 6.10 Å². The highest BCUT2D eigenvalue weighted by Gasteiger charge is 2.38. The van der Waals surface area contributed by atoms with Gasteiger partial charge in [0.1, 0.15) is 4.75 Å². The van der Waals surface area contributed by atoms with E-state index in [0.29, 0.717) is 25.7 Å². The van der Waals surface area contributed by atoms with E-state index in [4.69, 9.17) is 4.74 Å². The molecular weight excluding hydrogens is 280 g/mol. The van der Waals surface area contributed by atoms with Crippen molar-refractivity contribution in [2.24, 2.45) is 0 Å². The molecule has 1 aliphatic rings. The van der Waals surface area contributed by atoms with Gasteiger partial charge >= 0.3 is 0 Å². The molecule has 1 amide bonds. The van der Waals surface area contributed by atoms with Crippen LogP contribution in [0.2, 0.25) is 0 Å². The minimum absolute atomic E-state index is 0.305. The second kappa shape index (κ2) is 7.38. The Kier molecular flexibility index (Phi) is 6.42. The Balaban J connectivity index is 2.19. The summed E-state index contributed by atoms with van der Waals surface area (Å²) in [4.78, 5) is 11.8. The molecule has 0 saturated carbocycles. The monoisotopic (exact) mass is 306 g/mol. The fraction of sp³-hybridized carbons (Fsp3) is 0.923. The summed E-state index contributed by atoms with van der Waals surface area (Å²) >= 11 is 0. The van der Waals surface area contributed by atoms with Crippen molar-refractivity contribution >= 4 is 15.7 Å². The Labute approximate surface area is 121 Å². The highest BCUT2D eigenvalue weighted by Crippen LogP contribution is 2.14. The van der Waals surface area contributed by atoms with Gasteiger partial charge in [-0.15, -0.1) is 0 Å². The summed E-state index contributed by atoms with van der Waals surface area (Å²) in [5, 5.41) is 5.92. The summed E-state index contributed by atoms with van der Waals surface area (Å²) in [7, 11) is -3.41. The van der Waals surface area contributed by atoms with Crippen LogP contribution < -0.4 is 10.6 Å². The minimum atomic E-state index is -3.41. The van der Waals surface area contributed by atoms with Gasteiger partial charge in [0.2, 0.25) is 5.91 Å². The zero-order valence-corrected chi connectivity index (χ0v) is 13.4. The predicted octanol–water partition coefficient (Wildman–Crippen LogP) is 0.0845. The number of sulfone groups is 1. The van der Waals surface area contributed by atoms with E-state index in [1.807, 2.05) is 0 Å². The summed E-state index contributed by atoms with van der Waals surface area (Å²) in [6.45, 7) is 5.84. The van der Waals surface area contributed by atoms with Crippen molar-refractivity contribution in [3.05, 3.63) is 0 Å². The van der Waals surface area contributed by atoms with Crippen LogP contribution >= 0.6 is 0 Å². The van der Waals surface area contributed by atoms with Gasteiger partial charge in [-0.1, -0.05) is 0 Å². The van der Waals surface area contributed by atoms with Crippen molar-refractivity contribution in [1.29, 1.82) is 0 Å². The van der Waals surface area contributed by atoms with Gasteiger partial charge in [-0.25, -0.2) is 8.42 Å². The molecule has 6 nitrogen and oxygen atoms in total. The summed E-state index contributed by atoms with van der Waals surface area (Å²) < 4.78 is 27.3. The van der Waals surface area contributed by atoms with Gasteiger partial charge < -0.3 is 15.4 Å². The average molecular weight is 306 g/mol. The highest BCUT2D eigenvalue weighted by atomic mass is 32.2. The molecule has 0 spiro atoms.